The standard InChI is InChI=1S/C11H12N2O/c1-13-11-7-9(3-2-6-14)4-5-10(11)8-12-13/h2-5,7-8,14H,6H2,1H3. The summed E-state index contributed by atoms with van der Waals surface area (Å²) < 4.78 is 1.84. The third-order valence-electron chi connectivity index (χ3n) is 2.19. The number of aryl methyl sites for hydroxylation is 1. The molecule has 0 aliphatic carbocycles. The minimum Gasteiger partial charge on any atom is -0.392 e. The number of benzene rings is 1. The lowest BCUT2D eigenvalue weighted by Gasteiger charge is -1.96. The minimum absolute atomic E-state index is 0.0728. The van der Waals surface area contributed by atoms with Crippen LogP contribution in [0.3, 0.4) is 0 Å². The second-order valence-corrected chi connectivity index (χ2v) is 3.17. The molecule has 0 radical (unpaired) electrons. The smallest absolute Gasteiger partial charge is 0.0685 e. The van der Waals surface area contributed by atoms with Gasteiger partial charge in [-0.05, 0) is 11.6 Å². The summed E-state index contributed by atoms with van der Waals surface area (Å²) >= 11 is 0. The average Bonchev–Trinajstić information content (AvgIpc) is 2.57. The van der Waals surface area contributed by atoms with Crippen molar-refractivity contribution < 1.29 is 5.11 Å². The zero-order chi connectivity index (χ0) is 9.97. The van der Waals surface area contributed by atoms with Crippen LogP contribution in [0.1, 0.15) is 5.56 Å². The second-order valence-electron chi connectivity index (χ2n) is 3.17. The summed E-state index contributed by atoms with van der Waals surface area (Å²) in [5.74, 6) is 0. The predicted octanol–water partition coefficient (Wildman–Crippen LogP) is 1.58. The zero-order valence-electron chi connectivity index (χ0n) is 8.01. The van der Waals surface area contributed by atoms with Crippen LogP contribution in [0.25, 0.3) is 17.0 Å². The van der Waals surface area contributed by atoms with Crippen LogP contribution in [-0.2, 0) is 7.05 Å². The molecule has 1 aromatic carbocycles. The summed E-state index contributed by atoms with van der Waals surface area (Å²) in [6.45, 7) is 0.0728. The Kier molecular flexibility index (Phi) is 2.33. The fraction of sp³-hybridized carbons (Fsp3) is 0.182. The molecule has 0 fully saturated rings. The number of hydrogen-bond donors (Lipinski definition) is 1. The molecule has 2 rings (SSSR count). The van der Waals surface area contributed by atoms with Gasteiger partial charge in [0.2, 0.25) is 0 Å². The quantitative estimate of drug-likeness (QED) is 0.777. The Morgan fingerprint density at radius 1 is 1.50 bits per heavy atom. The highest BCUT2D eigenvalue weighted by molar-refractivity contribution is 5.81. The molecule has 2 aromatic rings. The van der Waals surface area contributed by atoms with Crippen LogP contribution in [0.2, 0.25) is 0 Å². The van der Waals surface area contributed by atoms with Crippen molar-refractivity contribution in [2.24, 2.45) is 7.05 Å². The number of rotatable bonds is 2. The van der Waals surface area contributed by atoms with Gasteiger partial charge in [-0.15, -0.1) is 0 Å². The maximum absolute atomic E-state index is 8.65. The van der Waals surface area contributed by atoms with E-state index in [9.17, 15) is 0 Å². The first-order chi connectivity index (χ1) is 6.81. The maximum Gasteiger partial charge on any atom is 0.0685 e. The summed E-state index contributed by atoms with van der Waals surface area (Å²) in [6.07, 6.45) is 5.46. The highest BCUT2D eigenvalue weighted by Crippen LogP contribution is 2.15. The Morgan fingerprint density at radius 2 is 2.36 bits per heavy atom. The summed E-state index contributed by atoms with van der Waals surface area (Å²) in [6, 6.07) is 6.09. The van der Waals surface area contributed by atoms with E-state index >= 15 is 0 Å². The van der Waals surface area contributed by atoms with Gasteiger partial charge >= 0.3 is 0 Å². The Bertz CT molecular complexity index is 471. The average molecular weight is 188 g/mol. The van der Waals surface area contributed by atoms with Crippen molar-refractivity contribution >= 4 is 17.0 Å². The monoisotopic (exact) mass is 188 g/mol. The Morgan fingerprint density at radius 3 is 3.14 bits per heavy atom. The Balaban J connectivity index is 2.49. The van der Waals surface area contributed by atoms with E-state index < -0.39 is 0 Å². The van der Waals surface area contributed by atoms with Crippen LogP contribution in [0.15, 0.2) is 30.5 Å². The summed E-state index contributed by atoms with van der Waals surface area (Å²) in [5, 5.41) is 13.9. The molecule has 0 aliphatic rings. The van der Waals surface area contributed by atoms with E-state index in [1.807, 2.05) is 36.1 Å². The van der Waals surface area contributed by atoms with Crippen molar-refractivity contribution in [3.63, 3.8) is 0 Å². The number of nitrogens with zero attached hydrogens (tertiary/aromatic N) is 2. The van der Waals surface area contributed by atoms with Gasteiger partial charge in [-0.25, -0.2) is 0 Å². The number of hydrogen-bond acceptors (Lipinski definition) is 2. The second kappa shape index (κ2) is 3.64. The normalized spacial score (nSPS) is 11.6. The molecule has 14 heavy (non-hydrogen) atoms. The fourth-order valence-corrected chi connectivity index (χ4v) is 1.45. The molecule has 1 aromatic heterocycles. The maximum atomic E-state index is 8.65. The molecule has 0 saturated carbocycles. The largest absolute Gasteiger partial charge is 0.392 e. The fourth-order valence-electron chi connectivity index (χ4n) is 1.45. The molecule has 0 spiro atoms. The molecule has 0 saturated heterocycles. The van der Waals surface area contributed by atoms with E-state index in [0.29, 0.717) is 0 Å². The van der Waals surface area contributed by atoms with E-state index in [1.54, 1.807) is 6.08 Å². The van der Waals surface area contributed by atoms with E-state index in [0.717, 1.165) is 16.5 Å². The zero-order valence-corrected chi connectivity index (χ0v) is 8.01. The van der Waals surface area contributed by atoms with Gasteiger partial charge in [0.1, 0.15) is 0 Å². The summed E-state index contributed by atoms with van der Waals surface area (Å²) in [4.78, 5) is 0. The SMILES string of the molecule is Cn1ncc2ccc(C=CCO)cc21. The number of aliphatic hydroxyl groups excluding tert-OH is 1. The van der Waals surface area contributed by atoms with Gasteiger partial charge in [-0.1, -0.05) is 24.3 Å². The Hall–Kier alpha value is -1.61. The third kappa shape index (κ3) is 1.54. The van der Waals surface area contributed by atoms with Crippen LogP contribution in [-0.4, -0.2) is 21.5 Å². The van der Waals surface area contributed by atoms with Crippen LogP contribution in [0.4, 0.5) is 0 Å². The van der Waals surface area contributed by atoms with Crippen molar-refractivity contribution in [1.29, 1.82) is 0 Å². The lowest BCUT2D eigenvalue weighted by atomic mass is 10.1. The summed E-state index contributed by atoms with van der Waals surface area (Å²) in [7, 11) is 1.92. The Labute approximate surface area is 82.3 Å². The molecule has 3 nitrogen and oxygen atoms in total. The lowest BCUT2D eigenvalue weighted by molar-refractivity contribution is 0.343. The van der Waals surface area contributed by atoms with Gasteiger partial charge in [0.05, 0.1) is 18.3 Å². The lowest BCUT2D eigenvalue weighted by Crippen LogP contribution is -1.88. The molecule has 0 amide bonds. The number of aromatic nitrogens is 2. The van der Waals surface area contributed by atoms with Crippen molar-refractivity contribution in [2.45, 2.75) is 0 Å². The highest BCUT2D eigenvalue weighted by Gasteiger charge is 1.98. The van der Waals surface area contributed by atoms with Gasteiger partial charge in [-0.2, -0.15) is 5.10 Å². The van der Waals surface area contributed by atoms with Crippen LogP contribution in [0, 0.1) is 0 Å². The third-order valence-corrected chi connectivity index (χ3v) is 2.19. The van der Waals surface area contributed by atoms with Crippen LogP contribution in [0.5, 0.6) is 0 Å². The predicted molar refractivity (Wildman–Crippen MR) is 56.8 cm³/mol. The molecular formula is C11H12N2O. The van der Waals surface area contributed by atoms with Crippen molar-refractivity contribution in [1.82, 2.24) is 9.78 Å². The highest BCUT2D eigenvalue weighted by atomic mass is 16.2. The first-order valence-electron chi connectivity index (χ1n) is 4.50. The van der Waals surface area contributed by atoms with Crippen molar-refractivity contribution in [2.75, 3.05) is 6.61 Å². The van der Waals surface area contributed by atoms with E-state index in [1.165, 1.54) is 0 Å². The topological polar surface area (TPSA) is 38.0 Å². The van der Waals surface area contributed by atoms with Crippen LogP contribution < -0.4 is 0 Å². The molecule has 0 bridgehead atoms. The molecule has 3 heteroatoms. The minimum atomic E-state index is 0.0728. The van der Waals surface area contributed by atoms with Gasteiger partial charge in [0.25, 0.3) is 0 Å². The van der Waals surface area contributed by atoms with Gasteiger partial charge < -0.3 is 5.11 Å². The first kappa shape index (κ1) is 8.97. The molecule has 1 heterocycles. The van der Waals surface area contributed by atoms with Crippen molar-refractivity contribution in [3.8, 4) is 0 Å². The molecule has 0 unspecified atom stereocenters. The number of fused-ring (bicyclic) bond motifs is 1. The molecule has 0 aliphatic heterocycles. The van der Waals surface area contributed by atoms with E-state index in [-0.39, 0.29) is 6.61 Å². The van der Waals surface area contributed by atoms with Crippen molar-refractivity contribution in [3.05, 3.63) is 36.0 Å². The first-order valence-corrected chi connectivity index (χ1v) is 4.50. The van der Waals surface area contributed by atoms with E-state index in [2.05, 4.69) is 11.2 Å². The van der Waals surface area contributed by atoms with Gasteiger partial charge in [-0.3, -0.25) is 4.68 Å². The number of aliphatic hydroxyl groups is 1. The summed E-state index contributed by atoms with van der Waals surface area (Å²) in [5.41, 5.74) is 2.18. The molecule has 72 valence electrons. The van der Waals surface area contributed by atoms with Gasteiger partial charge in [0, 0.05) is 12.4 Å². The van der Waals surface area contributed by atoms with E-state index in [4.69, 9.17) is 5.11 Å². The molecule has 0 atom stereocenters. The van der Waals surface area contributed by atoms with Crippen LogP contribution >= 0.6 is 0 Å². The van der Waals surface area contributed by atoms with Gasteiger partial charge in [0.15, 0.2) is 0 Å². The molecular weight excluding hydrogens is 176 g/mol. The molecule has 1 N–H and O–H groups in total.